The molecule has 0 spiro atoms. The van der Waals surface area contributed by atoms with Gasteiger partial charge in [-0.1, -0.05) is 0 Å². The normalized spacial score (nSPS) is 14.6. The van der Waals surface area contributed by atoms with Crippen LogP contribution in [-0.4, -0.2) is 17.5 Å². The van der Waals surface area contributed by atoms with Gasteiger partial charge in [-0.05, 0) is 37.3 Å². The van der Waals surface area contributed by atoms with Crippen LogP contribution in [0.4, 0.5) is 24.5 Å². The number of quaternary nitrogens is 1. The molecule has 0 aliphatic carbocycles. The number of nitrogens with two attached hydrogens (primary N) is 1. The summed E-state index contributed by atoms with van der Waals surface area (Å²) >= 11 is 6.55. The van der Waals surface area contributed by atoms with Crippen LogP contribution in [0.3, 0.4) is 0 Å². The van der Waals surface area contributed by atoms with Crippen LogP contribution in [0.5, 0.6) is 0 Å². The molecule has 0 bridgehead atoms. The molecule has 1 heterocycles. The average Bonchev–Trinajstić information content (AvgIpc) is 3.02. The number of aliphatic imine (C=N–C) groups is 1. The fourth-order valence-corrected chi connectivity index (χ4v) is 4.30. The van der Waals surface area contributed by atoms with E-state index in [9.17, 15) is 13.2 Å². The lowest BCUT2D eigenvalue weighted by Crippen LogP contribution is -2.53. The number of nitriles is 1. The summed E-state index contributed by atoms with van der Waals surface area (Å²) in [5.74, 6) is -0.0387. The largest absolute Gasteiger partial charge is 0.416 e. The summed E-state index contributed by atoms with van der Waals surface area (Å²) in [5, 5.41) is 9.02. The van der Waals surface area contributed by atoms with E-state index < -0.39 is 11.7 Å². The summed E-state index contributed by atoms with van der Waals surface area (Å²) in [5.41, 5.74) is 7.37. The zero-order valence-corrected chi connectivity index (χ0v) is 16.3. The maximum Gasteiger partial charge on any atom is 0.416 e. The van der Waals surface area contributed by atoms with E-state index in [1.54, 1.807) is 12.3 Å². The van der Waals surface area contributed by atoms with Crippen LogP contribution < -0.4 is 10.2 Å². The first-order valence-corrected chi connectivity index (χ1v) is 9.37. The second-order valence-corrected chi connectivity index (χ2v) is 7.65. The van der Waals surface area contributed by atoms with Crippen molar-refractivity contribution >= 4 is 51.1 Å². The number of aromatic amines is 1. The minimum atomic E-state index is -4.45. The van der Waals surface area contributed by atoms with Crippen LogP contribution in [0.15, 0.2) is 47.5 Å². The van der Waals surface area contributed by atoms with E-state index in [0.717, 1.165) is 22.3 Å². The van der Waals surface area contributed by atoms with Crippen molar-refractivity contribution in [2.24, 2.45) is 10.7 Å². The minimum absolute atomic E-state index is 0.0387. The monoisotopic (exact) mass is 422 g/mol. The van der Waals surface area contributed by atoms with Crippen molar-refractivity contribution in [1.29, 1.82) is 5.26 Å². The zero-order chi connectivity index (χ0) is 20.5. The van der Waals surface area contributed by atoms with E-state index in [1.165, 1.54) is 23.5 Å². The maximum atomic E-state index is 13.0. The fourth-order valence-electron chi connectivity index (χ4n) is 3.15. The van der Waals surface area contributed by atoms with Crippen molar-refractivity contribution < 1.29 is 13.2 Å². The molecule has 3 N–H and O–H groups in total. The van der Waals surface area contributed by atoms with Gasteiger partial charge in [0.15, 0.2) is 3.95 Å². The fraction of sp³-hybridized carbons (Fsp3) is 0.167. The van der Waals surface area contributed by atoms with Crippen LogP contribution in [0.1, 0.15) is 12.5 Å². The quantitative estimate of drug-likeness (QED) is 0.194. The van der Waals surface area contributed by atoms with Gasteiger partial charge in [0.1, 0.15) is 11.4 Å². The lowest BCUT2D eigenvalue weighted by Gasteiger charge is -2.34. The van der Waals surface area contributed by atoms with Crippen molar-refractivity contribution in [1.82, 2.24) is 9.47 Å². The van der Waals surface area contributed by atoms with E-state index in [1.807, 2.05) is 19.1 Å². The van der Waals surface area contributed by atoms with Gasteiger partial charge in [-0.2, -0.15) is 22.9 Å². The third-order valence-corrected chi connectivity index (χ3v) is 5.71. The van der Waals surface area contributed by atoms with Gasteiger partial charge in [0.05, 0.1) is 22.3 Å². The number of aromatic nitrogens is 1. The van der Waals surface area contributed by atoms with E-state index in [-0.39, 0.29) is 10.4 Å². The molecule has 5 nitrogen and oxygen atoms in total. The summed E-state index contributed by atoms with van der Waals surface area (Å²) in [4.78, 5) is 6.76. The van der Waals surface area contributed by atoms with Gasteiger partial charge in [0.2, 0.25) is 6.19 Å². The topological polar surface area (TPSA) is 78.0 Å². The van der Waals surface area contributed by atoms with Gasteiger partial charge in [-0.15, -0.1) is 16.3 Å². The van der Waals surface area contributed by atoms with Gasteiger partial charge in [-0.25, -0.2) is 0 Å². The Bertz CT molecular complexity index is 1140. The highest BCUT2D eigenvalue weighted by atomic mass is 32.1. The highest BCUT2D eigenvalue weighted by Gasteiger charge is 2.39. The number of rotatable bonds is 3. The third-order valence-electron chi connectivity index (χ3n) is 4.51. The first kappa shape index (κ1) is 20.0. The molecule has 0 fully saturated rings. The van der Waals surface area contributed by atoms with E-state index in [0.29, 0.717) is 21.9 Å². The highest BCUT2D eigenvalue weighted by molar-refractivity contribution is 7.73. The molecule has 1 aromatic heterocycles. The molecule has 10 heteroatoms. The van der Waals surface area contributed by atoms with Crippen molar-refractivity contribution in [2.45, 2.75) is 13.1 Å². The van der Waals surface area contributed by atoms with Gasteiger partial charge in [-0.3, -0.25) is 0 Å². The first-order chi connectivity index (χ1) is 13.2. The van der Waals surface area contributed by atoms with Crippen molar-refractivity contribution in [3.63, 3.8) is 0 Å². The molecule has 1 atom stereocenters. The molecule has 0 aliphatic rings. The molecule has 0 aliphatic heterocycles. The van der Waals surface area contributed by atoms with Crippen LogP contribution in [0.2, 0.25) is 0 Å². The molecule has 1 unspecified atom stereocenters. The molecular weight excluding hydrogens is 407 g/mol. The van der Waals surface area contributed by atoms with Crippen LogP contribution in [0.25, 0.3) is 10.2 Å². The predicted molar refractivity (Wildman–Crippen MR) is 108 cm³/mol. The zero-order valence-electron chi connectivity index (χ0n) is 14.6. The van der Waals surface area contributed by atoms with Gasteiger partial charge in [0.25, 0.3) is 0 Å². The van der Waals surface area contributed by atoms with Gasteiger partial charge < -0.3 is 10.7 Å². The molecule has 0 saturated heterocycles. The predicted octanol–water partition coefficient (Wildman–Crippen LogP) is 5.43. The minimum Gasteiger partial charge on any atom is -0.337 e. The Morgan fingerprint density at radius 2 is 1.89 bits per heavy atom. The molecular formula is C18H15F3N5S2+. The standard InChI is InChI=1S/C18H14F3N5S2/c1-2-26(16(23)24-10-22,12-5-3-11(4-6-12)18(19,20)21)13-7-8-14-15(9-13)28-17(27)25-14/h3-9H,2H2,1H3,(H2-,23,24,25,27)/p+1. The number of halogens is 3. The number of alkyl halides is 3. The number of thiazole rings is 1. The number of nitrogens with zero attached hydrogens (tertiary/aromatic N) is 3. The summed E-state index contributed by atoms with van der Waals surface area (Å²) in [6.45, 7) is 2.16. The molecule has 144 valence electrons. The Hall–Kier alpha value is -2.74. The number of H-pyrrole nitrogens is 1. The van der Waals surface area contributed by atoms with Crippen molar-refractivity contribution in [3.05, 3.63) is 52.0 Å². The second kappa shape index (κ2) is 7.35. The number of benzene rings is 2. The maximum absolute atomic E-state index is 13.0. The lowest BCUT2D eigenvalue weighted by atomic mass is 10.1. The molecule has 0 saturated carbocycles. The van der Waals surface area contributed by atoms with Crippen molar-refractivity contribution in [3.8, 4) is 6.19 Å². The number of nitrogens with one attached hydrogen (secondary N) is 1. The summed E-state index contributed by atoms with van der Waals surface area (Å²) < 4.78 is 40.2. The number of hydrogen-bond acceptors (Lipinski definition) is 4. The van der Waals surface area contributed by atoms with Gasteiger partial charge >= 0.3 is 12.1 Å². The average molecular weight is 422 g/mol. The Labute approximate surface area is 167 Å². The van der Waals surface area contributed by atoms with Crippen molar-refractivity contribution in [2.75, 3.05) is 6.54 Å². The Morgan fingerprint density at radius 1 is 1.25 bits per heavy atom. The van der Waals surface area contributed by atoms with E-state index in [2.05, 4.69) is 9.98 Å². The van der Waals surface area contributed by atoms with E-state index >= 15 is 0 Å². The summed E-state index contributed by atoms with van der Waals surface area (Å²) in [6, 6.07) is 10.2. The van der Waals surface area contributed by atoms with Gasteiger partial charge in [0, 0.05) is 24.3 Å². The first-order valence-electron chi connectivity index (χ1n) is 8.14. The number of guanidine groups is 1. The second-order valence-electron chi connectivity index (χ2n) is 5.94. The molecule has 0 amide bonds. The third kappa shape index (κ3) is 3.40. The van der Waals surface area contributed by atoms with Crippen LogP contribution in [0, 0.1) is 15.4 Å². The SMILES string of the molecule is CC[N+](C(N)=NC#N)(c1ccc(C(F)(F)F)cc1)c1ccc2[nH]c(=S)sc2c1. The molecule has 3 rings (SSSR count). The number of fused-ring (bicyclic) bond motifs is 1. The molecule has 3 aromatic rings. The number of hydrogen-bond donors (Lipinski definition) is 2. The Balaban J connectivity index is 2.26. The smallest absolute Gasteiger partial charge is 0.337 e. The Kier molecular flexibility index (Phi) is 5.25. The summed E-state index contributed by atoms with van der Waals surface area (Å²) in [6.07, 6.45) is -2.78. The van der Waals surface area contributed by atoms with Crippen LogP contribution in [-0.2, 0) is 6.18 Å². The summed E-state index contributed by atoms with van der Waals surface area (Å²) in [7, 11) is 0. The molecule has 2 aromatic carbocycles. The highest BCUT2D eigenvalue weighted by Crippen LogP contribution is 2.39. The molecule has 0 radical (unpaired) electrons. The lowest BCUT2D eigenvalue weighted by molar-refractivity contribution is -0.137. The van der Waals surface area contributed by atoms with Crippen LogP contribution >= 0.6 is 23.6 Å². The Morgan fingerprint density at radius 3 is 2.46 bits per heavy atom. The molecule has 28 heavy (non-hydrogen) atoms. The van der Waals surface area contributed by atoms with E-state index in [4.69, 9.17) is 23.2 Å².